The predicted molar refractivity (Wildman–Crippen MR) is 129 cm³/mol. The third kappa shape index (κ3) is 3.64. The van der Waals surface area contributed by atoms with Gasteiger partial charge in [0.2, 0.25) is 17.8 Å². The van der Waals surface area contributed by atoms with Crippen LogP contribution in [0.25, 0.3) is 5.65 Å². The highest BCUT2D eigenvalue weighted by Gasteiger charge is 2.45. The van der Waals surface area contributed by atoms with Gasteiger partial charge in [0.25, 0.3) is 0 Å². The van der Waals surface area contributed by atoms with Crippen LogP contribution < -0.4 is 15.5 Å². The van der Waals surface area contributed by atoms with Crippen LogP contribution in [-0.2, 0) is 4.79 Å². The van der Waals surface area contributed by atoms with Gasteiger partial charge in [-0.2, -0.15) is 15.1 Å². The van der Waals surface area contributed by atoms with Crippen molar-refractivity contribution >= 4 is 35.0 Å². The fraction of sp³-hybridized carbons (Fsp3) is 0.375. The predicted octanol–water partition coefficient (Wildman–Crippen LogP) is 3.77. The number of carbonyl (C=O) groups excluding carboxylic acids is 1. The molecule has 1 saturated heterocycles. The van der Waals surface area contributed by atoms with E-state index in [0.29, 0.717) is 36.5 Å². The average molecular weight is 458 g/mol. The van der Waals surface area contributed by atoms with Crippen LogP contribution in [0.1, 0.15) is 49.9 Å². The number of aromatic nitrogens is 6. The number of anilines is 4. The van der Waals surface area contributed by atoms with Gasteiger partial charge in [-0.15, -0.1) is 0 Å². The lowest BCUT2D eigenvalue weighted by molar-refractivity contribution is -0.120. The van der Waals surface area contributed by atoms with Crippen LogP contribution in [0.4, 0.5) is 23.4 Å². The van der Waals surface area contributed by atoms with Gasteiger partial charge in [-0.3, -0.25) is 19.3 Å². The number of carbonyl (C=O) groups is 1. The number of pyridine rings is 1. The van der Waals surface area contributed by atoms with Crippen molar-refractivity contribution in [2.45, 2.75) is 51.0 Å². The van der Waals surface area contributed by atoms with Gasteiger partial charge in [-0.25, -0.2) is 0 Å². The lowest BCUT2D eigenvalue weighted by Crippen LogP contribution is -2.51. The summed E-state index contributed by atoms with van der Waals surface area (Å²) in [7, 11) is 0. The minimum absolute atomic E-state index is 0.0922. The maximum absolute atomic E-state index is 13.4. The van der Waals surface area contributed by atoms with Crippen LogP contribution in [0.15, 0.2) is 42.7 Å². The molecular weight excluding hydrogens is 430 g/mol. The maximum atomic E-state index is 13.4. The largest absolute Gasteiger partial charge is 0.326 e. The van der Waals surface area contributed by atoms with E-state index >= 15 is 0 Å². The molecule has 10 heteroatoms. The molecule has 3 N–H and O–H groups in total. The van der Waals surface area contributed by atoms with E-state index < -0.39 is 5.54 Å². The molecular formula is C24H27N9O. The van der Waals surface area contributed by atoms with Gasteiger partial charge in [0.15, 0.2) is 5.82 Å². The van der Waals surface area contributed by atoms with Crippen molar-refractivity contribution in [1.82, 2.24) is 29.5 Å². The number of aryl methyl sites for hydroxylation is 1. The second-order valence-electron chi connectivity index (χ2n) is 9.36. The maximum Gasteiger partial charge on any atom is 0.250 e. The zero-order chi connectivity index (χ0) is 23.3. The summed E-state index contributed by atoms with van der Waals surface area (Å²) in [6, 6.07) is 9.66. The second-order valence-corrected chi connectivity index (χ2v) is 9.36. The zero-order valence-electron chi connectivity index (χ0n) is 19.2. The van der Waals surface area contributed by atoms with Crippen LogP contribution >= 0.6 is 0 Å². The number of amides is 1. The molecule has 4 aromatic rings. The summed E-state index contributed by atoms with van der Waals surface area (Å²) in [5.41, 5.74) is 2.71. The number of H-pyrrole nitrogens is 1. The van der Waals surface area contributed by atoms with Crippen molar-refractivity contribution in [3.05, 3.63) is 54.1 Å². The van der Waals surface area contributed by atoms with Crippen LogP contribution in [-0.4, -0.2) is 47.5 Å². The Morgan fingerprint density at radius 3 is 2.91 bits per heavy atom. The van der Waals surface area contributed by atoms with Gasteiger partial charge < -0.3 is 15.5 Å². The summed E-state index contributed by atoms with van der Waals surface area (Å²) in [5, 5.41) is 13.9. The number of hydrogen-bond donors (Lipinski definition) is 3. The zero-order valence-corrected chi connectivity index (χ0v) is 19.2. The fourth-order valence-corrected chi connectivity index (χ4v) is 4.57. The quantitative estimate of drug-likeness (QED) is 0.403. The van der Waals surface area contributed by atoms with Gasteiger partial charge in [0.1, 0.15) is 11.2 Å². The Labute approximate surface area is 196 Å². The first-order chi connectivity index (χ1) is 16.5. The molecule has 1 saturated carbocycles. The fourth-order valence-electron chi connectivity index (χ4n) is 4.57. The third-order valence-corrected chi connectivity index (χ3v) is 6.77. The number of aromatic amines is 1. The molecule has 0 unspecified atom stereocenters. The van der Waals surface area contributed by atoms with E-state index in [2.05, 4.69) is 25.8 Å². The lowest BCUT2D eigenvalue weighted by Gasteiger charge is -2.34. The highest BCUT2D eigenvalue weighted by molar-refractivity contribution is 6.00. The van der Waals surface area contributed by atoms with Crippen molar-refractivity contribution in [1.29, 1.82) is 0 Å². The summed E-state index contributed by atoms with van der Waals surface area (Å²) in [6.45, 7) is 4.56. The Morgan fingerprint density at radius 2 is 2.12 bits per heavy atom. The average Bonchev–Trinajstić information content (AvgIpc) is 3.20. The first-order valence-corrected chi connectivity index (χ1v) is 11.7. The van der Waals surface area contributed by atoms with Gasteiger partial charge in [0.05, 0.1) is 11.9 Å². The molecule has 1 aliphatic heterocycles. The Kier molecular flexibility index (Phi) is 4.75. The standard InChI is InChI=1S/C24H27N9O/c1-15-6-9-17(14-25-15)26-21(34)24(2)10-4-12-33(24)23-28-20-5-3-11-32(20)22(29-23)27-19-13-18(30-31-19)16-7-8-16/h3,5-6,9,11,13-14,16H,4,7-8,10,12H2,1-2H3,(H,26,34)(H2,27,28,29,30,31)/t24-/m0/s1. The molecule has 4 aromatic heterocycles. The van der Waals surface area contributed by atoms with Crippen molar-refractivity contribution in [3.63, 3.8) is 0 Å². The van der Waals surface area contributed by atoms with E-state index in [1.807, 2.05) is 59.7 Å². The van der Waals surface area contributed by atoms with Crippen LogP contribution in [0.5, 0.6) is 0 Å². The topological polar surface area (TPSA) is 116 Å². The van der Waals surface area contributed by atoms with Gasteiger partial charge in [-0.05, 0) is 63.8 Å². The Balaban J connectivity index is 1.31. The molecule has 174 valence electrons. The molecule has 6 rings (SSSR count). The van der Waals surface area contributed by atoms with E-state index in [1.165, 1.54) is 12.8 Å². The third-order valence-electron chi connectivity index (χ3n) is 6.77. The summed E-state index contributed by atoms with van der Waals surface area (Å²) in [5.74, 6) is 2.34. The van der Waals surface area contributed by atoms with Gasteiger partial charge in [0, 0.05) is 36.1 Å². The van der Waals surface area contributed by atoms with Crippen molar-refractivity contribution in [3.8, 4) is 0 Å². The molecule has 1 atom stereocenters. The lowest BCUT2D eigenvalue weighted by atomic mass is 9.97. The van der Waals surface area contributed by atoms with E-state index in [9.17, 15) is 4.79 Å². The second kappa shape index (κ2) is 7.82. The molecule has 2 fully saturated rings. The highest BCUT2D eigenvalue weighted by atomic mass is 16.2. The molecule has 0 radical (unpaired) electrons. The molecule has 2 aliphatic rings. The SMILES string of the molecule is Cc1ccc(NC(=O)[C@]2(C)CCCN2c2nc(Nc3cc(C4CC4)[nH]n3)n3cccc3n2)cn1. The van der Waals surface area contributed by atoms with Gasteiger partial charge in [-0.1, -0.05) is 0 Å². The summed E-state index contributed by atoms with van der Waals surface area (Å²) in [4.78, 5) is 29.3. The number of fused-ring (bicyclic) bond motifs is 1. The number of hydrogen-bond acceptors (Lipinski definition) is 7. The molecule has 0 aromatic carbocycles. The number of nitrogens with zero attached hydrogens (tertiary/aromatic N) is 6. The Hall–Kier alpha value is -3.95. The van der Waals surface area contributed by atoms with E-state index in [4.69, 9.17) is 9.97 Å². The first kappa shape index (κ1) is 20.6. The van der Waals surface area contributed by atoms with Crippen LogP contribution in [0, 0.1) is 6.92 Å². The van der Waals surface area contributed by atoms with Crippen LogP contribution in [0.3, 0.4) is 0 Å². The summed E-state index contributed by atoms with van der Waals surface area (Å²) in [6.07, 6.45) is 7.58. The monoisotopic (exact) mass is 457 g/mol. The number of nitrogens with one attached hydrogen (secondary N) is 3. The van der Waals surface area contributed by atoms with Gasteiger partial charge >= 0.3 is 0 Å². The van der Waals surface area contributed by atoms with Crippen molar-refractivity contribution < 1.29 is 4.79 Å². The van der Waals surface area contributed by atoms with Crippen molar-refractivity contribution in [2.75, 3.05) is 22.1 Å². The van der Waals surface area contributed by atoms with Crippen molar-refractivity contribution in [2.24, 2.45) is 0 Å². The Morgan fingerprint density at radius 1 is 1.24 bits per heavy atom. The van der Waals surface area contributed by atoms with Crippen LogP contribution in [0.2, 0.25) is 0 Å². The molecule has 34 heavy (non-hydrogen) atoms. The normalized spacial score (nSPS) is 20.1. The van der Waals surface area contributed by atoms with E-state index in [-0.39, 0.29) is 5.91 Å². The molecule has 1 aliphatic carbocycles. The smallest absolute Gasteiger partial charge is 0.250 e. The summed E-state index contributed by atoms with van der Waals surface area (Å²) >= 11 is 0. The van der Waals surface area contributed by atoms with E-state index in [0.717, 1.165) is 29.3 Å². The molecule has 10 nitrogen and oxygen atoms in total. The minimum Gasteiger partial charge on any atom is -0.326 e. The summed E-state index contributed by atoms with van der Waals surface area (Å²) < 4.78 is 1.89. The molecule has 0 spiro atoms. The Bertz CT molecular complexity index is 1350. The highest BCUT2D eigenvalue weighted by Crippen LogP contribution is 2.40. The minimum atomic E-state index is -0.779. The first-order valence-electron chi connectivity index (χ1n) is 11.7. The van der Waals surface area contributed by atoms with E-state index in [1.54, 1.807) is 6.20 Å². The number of rotatable bonds is 6. The molecule has 1 amide bonds. The molecule has 0 bridgehead atoms. The molecule has 5 heterocycles.